The zero-order chi connectivity index (χ0) is 37.5. The van der Waals surface area contributed by atoms with Crippen LogP contribution < -0.4 is 0 Å². The van der Waals surface area contributed by atoms with Crippen LogP contribution in [0.4, 0.5) is 0 Å². The Morgan fingerprint density at radius 1 is 0.439 bits per heavy atom. The Bertz CT molecular complexity index is 3460. The van der Waals surface area contributed by atoms with Crippen LogP contribution >= 0.6 is 11.3 Å². The molecule has 0 aliphatic heterocycles. The van der Waals surface area contributed by atoms with Crippen molar-refractivity contribution in [1.82, 2.24) is 19.5 Å². The molecule has 0 saturated heterocycles. The molecule has 5 nitrogen and oxygen atoms in total. The van der Waals surface area contributed by atoms with E-state index in [2.05, 4.69) is 126 Å². The Balaban J connectivity index is 1.14. The number of aromatic nitrogens is 4. The van der Waals surface area contributed by atoms with Gasteiger partial charge in [-0.25, -0.2) is 15.0 Å². The zero-order valence-electron chi connectivity index (χ0n) is 30.4. The largest absolute Gasteiger partial charge is 0.454 e. The first-order valence-electron chi connectivity index (χ1n) is 19.0. The number of benzene rings is 8. The molecule has 57 heavy (non-hydrogen) atoms. The first-order valence-corrected chi connectivity index (χ1v) is 19.8. The molecule has 0 radical (unpaired) electrons. The van der Waals surface area contributed by atoms with Crippen molar-refractivity contribution < 1.29 is 4.42 Å². The van der Waals surface area contributed by atoms with Crippen LogP contribution in [0.3, 0.4) is 0 Å². The van der Waals surface area contributed by atoms with Gasteiger partial charge in [-0.3, -0.25) is 0 Å². The van der Waals surface area contributed by atoms with Crippen molar-refractivity contribution in [2.75, 3.05) is 0 Å². The van der Waals surface area contributed by atoms with E-state index < -0.39 is 0 Å². The highest BCUT2D eigenvalue weighted by Gasteiger charge is 2.23. The van der Waals surface area contributed by atoms with Gasteiger partial charge in [0.15, 0.2) is 23.1 Å². The molecule has 0 fully saturated rings. The molecule has 4 heterocycles. The van der Waals surface area contributed by atoms with E-state index in [-0.39, 0.29) is 0 Å². The maximum atomic E-state index is 7.14. The van der Waals surface area contributed by atoms with Crippen LogP contribution in [0.15, 0.2) is 186 Å². The van der Waals surface area contributed by atoms with E-state index in [1.165, 1.54) is 36.5 Å². The number of para-hydroxylation sites is 1. The van der Waals surface area contributed by atoms with Crippen molar-refractivity contribution in [2.24, 2.45) is 0 Å². The predicted octanol–water partition coefficient (Wildman–Crippen LogP) is 13.9. The van der Waals surface area contributed by atoms with Crippen LogP contribution in [0.2, 0.25) is 0 Å². The molecular weight excluding hydrogens is 717 g/mol. The summed E-state index contributed by atoms with van der Waals surface area (Å²) in [5, 5.41) is 7.08. The summed E-state index contributed by atoms with van der Waals surface area (Å²) in [4.78, 5) is 15.0. The van der Waals surface area contributed by atoms with Gasteiger partial charge in [0.25, 0.3) is 0 Å². The fourth-order valence-corrected chi connectivity index (χ4v) is 9.70. The molecule has 0 atom stereocenters. The van der Waals surface area contributed by atoms with Gasteiger partial charge in [0.1, 0.15) is 5.58 Å². The minimum absolute atomic E-state index is 0.586. The van der Waals surface area contributed by atoms with Crippen LogP contribution in [0.1, 0.15) is 0 Å². The average Bonchev–Trinajstić information content (AvgIpc) is 3.97. The Kier molecular flexibility index (Phi) is 7.03. The third-order valence-corrected chi connectivity index (χ3v) is 12.3. The maximum absolute atomic E-state index is 7.14. The van der Waals surface area contributed by atoms with E-state index in [0.717, 1.165) is 61.0 Å². The molecule has 0 saturated carbocycles. The average molecular weight is 747 g/mol. The third kappa shape index (κ3) is 4.98. The van der Waals surface area contributed by atoms with E-state index in [0.29, 0.717) is 17.5 Å². The topological polar surface area (TPSA) is 56.7 Å². The van der Waals surface area contributed by atoms with Crippen molar-refractivity contribution in [3.8, 4) is 51.0 Å². The van der Waals surface area contributed by atoms with E-state index in [1.54, 1.807) is 0 Å². The summed E-state index contributed by atoms with van der Waals surface area (Å²) in [5.41, 5.74) is 9.88. The lowest BCUT2D eigenvalue weighted by atomic mass is 9.98. The lowest BCUT2D eigenvalue weighted by Gasteiger charge is -2.12. The van der Waals surface area contributed by atoms with Crippen LogP contribution in [-0.4, -0.2) is 19.5 Å². The zero-order valence-corrected chi connectivity index (χ0v) is 31.2. The van der Waals surface area contributed by atoms with E-state index in [4.69, 9.17) is 19.4 Å². The van der Waals surface area contributed by atoms with E-state index in [9.17, 15) is 0 Å². The van der Waals surface area contributed by atoms with Crippen molar-refractivity contribution in [3.05, 3.63) is 182 Å². The highest BCUT2D eigenvalue weighted by atomic mass is 32.1. The molecule has 0 aliphatic carbocycles. The molecule has 0 spiro atoms. The Morgan fingerprint density at radius 2 is 1.02 bits per heavy atom. The second-order valence-corrected chi connectivity index (χ2v) is 15.4. The van der Waals surface area contributed by atoms with Gasteiger partial charge in [0.05, 0.1) is 21.4 Å². The molecule has 266 valence electrons. The number of nitrogens with zero attached hydrogens (tertiary/aromatic N) is 4. The summed E-state index contributed by atoms with van der Waals surface area (Å²) in [7, 11) is 0. The molecule has 0 aliphatic rings. The van der Waals surface area contributed by atoms with Crippen molar-refractivity contribution in [2.45, 2.75) is 0 Å². The number of fused-ring (bicyclic) bond motifs is 10. The van der Waals surface area contributed by atoms with Crippen LogP contribution in [-0.2, 0) is 0 Å². The Morgan fingerprint density at radius 3 is 1.74 bits per heavy atom. The van der Waals surface area contributed by atoms with Gasteiger partial charge < -0.3 is 8.98 Å². The third-order valence-electron chi connectivity index (χ3n) is 11.1. The Labute approximate surface area is 330 Å². The van der Waals surface area contributed by atoms with Crippen molar-refractivity contribution in [3.63, 3.8) is 0 Å². The summed E-state index contributed by atoms with van der Waals surface area (Å²) < 4.78 is 12.1. The minimum Gasteiger partial charge on any atom is -0.454 e. The van der Waals surface area contributed by atoms with Crippen LogP contribution in [0, 0.1) is 0 Å². The number of thiophene rings is 1. The summed E-state index contributed by atoms with van der Waals surface area (Å²) >= 11 is 1.85. The van der Waals surface area contributed by atoms with Gasteiger partial charge in [-0.05, 0) is 41.5 Å². The van der Waals surface area contributed by atoms with E-state index >= 15 is 0 Å². The lowest BCUT2D eigenvalue weighted by molar-refractivity contribution is 0.666. The first-order chi connectivity index (χ1) is 28.3. The van der Waals surface area contributed by atoms with E-state index in [1.807, 2.05) is 72.0 Å². The summed E-state index contributed by atoms with van der Waals surface area (Å²) in [6.07, 6.45) is 0. The molecule has 6 heteroatoms. The van der Waals surface area contributed by atoms with Crippen LogP contribution in [0.25, 0.3) is 115 Å². The Hall–Kier alpha value is -7.41. The van der Waals surface area contributed by atoms with Gasteiger partial charge in [0.2, 0.25) is 0 Å². The summed E-state index contributed by atoms with van der Waals surface area (Å²) in [6.45, 7) is 0. The van der Waals surface area contributed by atoms with Gasteiger partial charge >= 0.3 is 0 Å². The van der Waals surface area contributed by atoms with Crippen molar-refractivity contribution >= 4 is 75.3 Å². The molecule has 8 aromatic carbocycles. The number of hydrogen-bond acceptors (Lipinski definition) is 5. The molecule has 12 rings (SSSR count). The molecule has 0 unspecified atom stereocenters. The smallest absolute Gasteiger partial charge is 0.164 e. The second kappa shape index (κ2) is 12.6. The number of furan rings is 1. The fourth-order valence-electron chi connectivity index (χ4n) is 8.46. The second-order valence-electron chi connectivity index (χ2n) is 14.3. The summed E-state index contributed by atoms with van der Waals surface area (Å²) in [6, 6.07) is 63.6. The monoisotopic (exact) mass is 746 g/mol. The first kappa shape index (κ1) is 31.9. The van der Waals surface area contributed by atoms with Gasteiger partial charge in [0, 0.05) is 53.7 Å². The molecule has 12 aromatic rings. The van der Waals surface area contributed by atoms with Gasteiger partial charge in [-0.1, -0.05) is 152 Å². The highest BCUT2D eigenvalue weighted by molar-refractivity contribution is 7.26. The van der Waals surface area contributed by atoms with Gasteiger partial charge in [-0.2, -0.15) is 0 Å². The van der Waals surface area contributed by atoms with Crippen LogP contribution in [0.5, 0.6) is 0 Å². The molecule has 4 aromatic heterocycles. The quantitative estimate of drug-likeness (QED) is 0.176. The highest BCUT2D eigenvalue weighted by Crippen LogP contribution is 2.46. The number of rotatable bonds is 5. The SMILES string of the molecule is c1ccc(-c2nc(-c3ccccc3)nc(-c3ccc4c(c3)oc3c(-n5c6ccccc6c6ccc7c8ccccc8sc7c65)ccc(-c5ccccc5)c34)n2)cc1. The number of hydrogen-bond donors (Lipinski definition) is 0. The van der Waals surface area contributed by atoms with Gasteiger partial charge in [-0.15, -0.1) is 11.3 Å². The minimum atomic E-state index is 0.586. The fraction of sp³-hybridized carbons (Fsp3) is 0. The maximum Gasteiger partial charge on any atom is 0.164 e. The molecule has 0 N–H and O–H groups in total. The lowest BCUT2D eigenvalue weighted by Crippen LogP contribution is -2.00. The predicted molar refractivity (Wildman–Crippen MR) is 236 cm³/mol. The molecular formula is C51H30N4OS. The standard InChI is InChI=1S/C51H30N4OS/c1-4-14-31(15-5-1)35-28-29-42(55-41-22-12-10-20-36(41)38-26-27-39-37-21-11-13-23-44(37)57-48(39)46(38)55)47-45(35)40-25-24-34(30-43(40)56-47)51-53-49(32-16-6-2-7-17-32)52-50(54-51)33-18-8-3-9-19-33/h1-30H. The molecule has 0 amide bonds. The van der Waals surface area contributed by atoms with Crippen molar-refractivity contribution in [1.29, 1.82) is 0 Å². The molecule has 0 bridgehead atoms. The summed E-state index contributed by atoms with van der Waals surface area (Å²) in [5.74, 6) is 1.83. The normalized spacial score (nSPS) is 11.9.